The minimum absolute atomic E-state index is 0.737. The fourth-order valence-corrected chi connectivity index (χ4v) is 2.62. The summed E-state index contributed by atoms with van der Waals surface area (Å²) in [6, 6.07) is 24.5. The molecule has 0 radical (unpaired) electrons. The quantitative estimate of drug-likeness (QED) is 0.575. The highest BCUT2D eigenvalue weighted by Gasteiger charge is 2.03. The first-order valence-electron chi connectivity index (χ1n) is 7.52. The van der Waals surface area contributed by atoms with Crippen molar-refractivity contribution >= 4 is 22.3 Å². The molecule has 3 heteroatoms. The number of hydrogen-bond donors (Lipinski definition) is 1. The molecule has 0 fully saturated rings. The molecule has 0 aliphatic rings. The van der Waals surface area contributed by atoms with Gasteiger partial charge in [-0.2, -0.15) is 0 Å². The van der Waals surface area contributed by atoms with Gasteiger partial charge in [-0.3, -0.25) is 4.98 Å². The van der Waals surface area contributed by atoms with E-state index in [2.05, 4.69) is 39.6 Å². The monoisotopic (exact) mass is 297 g/mol. The number of hydrogen-bond acceptors (Lipinski definition) is 3. The van der Waals surface area contributed by atoms with Crippen molar-refractivity contribution in [1.29, 1.82) is 0 Å². The smallest absolute Gasteiger partial charge is 0.148 e. The highest BCUT2D eigenvalue weighted by molar-refractivity contribution is 5.95. The van der Waals surface area contributed by atoms with Crippen LogP contribution in [0.5, 0.6) is 0 Å². The fraction of sp³-hybridized carbons (Fsp3) is 0. The zero-order valence-corrected chi connectivity index (χ0v) is 12.5. The third-order valence-electron chi connectivity index (χ3n) is 3.77. The maximum Gasteiger partial charge on any atom is 0.148 e. The molecule has 0 aliphatic heterocycles. The average molecular weight is 297 g/mol. The minimum Gasteiger partial charge on any atom is -0.338 e. The molecule has 1 aromatic heterocycles. The number of benzene rings is 3. The molecule has 0 saturated heterocycles. The summed E-state index contributed by atoms with van der Waals surface area (Å²) < 4.78 is 0. The van der Waals surface area contributed by atoms with Crippen LogP contribution in [0.25, 0.3) is 22.0 Å². The maximum atomic E-state index is 4.50. The summed E-state index contributed by atoms with van der Waals surface area (Å²) in [4.78, 5) is 8.98. The molecule has 0 spiro atoms. The number of anilines is 2. The molecule has 0 unspecified atom stereocenters. The summed E-state index contributed by atoms with van der Waals surface area (Å²) in [5.74, 6) is 0.737. The Morgan fingerprint density at radius 1 is 0.652 bits per heavy atom. The number of nitrogens with zero attached hydrogens (tertiary/aromatic N) is 2. The van der Waals surface area contributed by atoms with E-state index in [9.17, 15) is 0 Å². The minimum atomic E-state index is 0.737. The largest absolute Gasteiger partial charge is 0.338 e. The molecule has 110 valence electrons. The molecule has 3 nitrogen and oxygen atoms in total. The molecule has 23 heavy (non-hydrogen) atoms. The molecule has 1 N–H and O–H groups in total. The first-order chi connectivity index (χ1) is 11.4. The van der Waals surface area contributed by atoms with Crippen LogP contribution in [0.1, 0.15) is 0 Å². The van der Waals surface area contributed by atoms with Gasteiger partial charge in [-0.15, -0.1) is 0 Å². The molecule has 1 heterocycles. The second kappa shape index (κ2) is 5.89. The summed E-state index contributed by atoms with van der Waals surface area (Å²) in [7, 11) is 0. The summed E-state index contributed by atoms with van der Waals surface area (Å²) in [5.41, 5.74) is 2.97. The van der Waals surface area contributed by atoms with Crippen molar-refractivity contribution in [2.24, 2.45) is 0 Å². The van der Waals surface area contributed by atoms with Gasteiger partial charge in [0.05, 0.1) is 18.1 Å². The zero-order valence-electron chi connectivity index (χ0n) is 12.5. The van der Waals surface area contributed by atoms with Crippen molar-refractivity contribution in [2.45, 2.75) is 0 Å². The van der Waals surface area contributed by atoms with Crippen molar-refractivity contribution in [3.8, 4) is 11.3 Å². The Balaban J connectivity index is 1.64. The van der Waals surface area contributed by atoms with Crippen LogP contribution >= 0.6 is 0 Å². The molecule has 4 rings (SSSR count). The predicted octanol–water partition coefficient (Wildman–Crippen LogP) is 5.04. The van der Waals surface area contributed by atoms with Crippen molar-refractivity contribution in [3.05, 3.63) is 85.2 Å². The number of fused-ring (bicyclic) bond motifs is 1. The van der Waals surface area contributed by atoms with Crippen LogP contribution in [0.3, 0.4) is 0 Å². The van der Waals surface area contributed by atoms with Crippen molar-refractivity contribution in [3.63, 3.8) is 0 Å². The van der Waals surface area contributed by atoms with Crippen LogP contribution in [0.2, 0.25) is 0 Å². The third-order valence-corrected chi connectivity index (χ3v) is 3.77. The lowest BCUT2D eigenvalue weighted by Gasteiger charge is -2.09. The Morgan fingerprint density at radius 2 is 1.43 bits per heavy atom. The van der Waals surface area contributed by atoms with E-state index >= 15 is 0 Å². The van der Waals surface area contributed by atoms with Gasteiger partial charge in [0.15, 0.2) is 0 Å². The highest BCUT2D eigenvalue weighted by Crippen LogP contribution is 2.25. The normalized spacial score (nSPS) is 10.6. The Bertz CT molecular complexity index is 926. The average Bonchev–Trinajstić information content (AvgIpc) is 2.63. The lowest BCUT2D eigenvalue weighted by molar-refractivity contribution is 1.20. The van der Waals surface area contributed by atoms with Gasteiger partial charge in [0.1, 0.15) is 5.82 Å². The SMILES string of the molecule is c1ccc(-c2cnc(Nc3cccc4ccccc34)cn2)cc1. The van der Waals surface area contributed by atoms with Gasteiger partial charge in [-0.1, -0.05) is 66.7 Å². The summed E-state index contributed by atoms with van der Waals surface area (Å²) in [6.45, 7) is 0. The van der Waals surface area contributed by atoms with E-state index in [-0.39, 0.29) is 0 Å². The van der Waals surface area contributed by atoms with Crippen LogP contribution in [-0.2, 0) is 0 Å². The van der Waals surface area contributed by atoms with E-state index in [0.29, 0.717) is 0 Å². The van der Waals surface area contributed by atoms with Gasteiger partial charge >= 0.3 is 0 Å². The van der Waals surface area contributed by atoms with Crippen LogP contribution in [0, 0.1) is 0 Å². The maximum absolute atomic E-state index is 4.50. The van der Waals surface area contributed by atoms with Crippen LogP contribution in [0.15, 0.2) is 85.2 Å². The topological polar surface area (TPSA) is 37.8 Å². The summed E-state index contributed by atoms with van der Waals surface area (Å²) in [5, 5.41) is 5.72. The van der Waals surface area contributed by atoms with E-state index in [1.54, 1.807) is 12.4 Å². The van der Waals surface area contributed by atoms with Gasteiger partial charge in [0, 0.05) is 16.6 Å². The molecular formula is C20H15N3. The second-order valence-electron chi connectivity index (χ2n) is 5.30. The van der Waals surface area contributed by atoms with Gasteiger partial charge in [0.2, 0.25) is 0 Å². The van der Waals surface area contributed by atoms with Crippen molar-refractivity contribution in [1.82, 2.24) is 9.97 Å². The molecule has 0 aliphatic carbocycles. The number of nitrogens with one attached hydrogen (secondary N) is 1. The molecular weight excluding hydrogens is 282 g/mol. The van der Waals surface area contributed by atoms with E-state index in [4.69, 9.17) is 0 Å². The zero-order chi connectivity index (χ0) is 15.5. The first kappa shape index (κ1) is 13.5. The molecule has 0 atom stereocenters. The fourth-order valence-electron chi connectivity index (χ4n) is 2.62. The van der Waals surface area contributed by atoms with Crippen molar-refractivity contribution in [2.75, 3.05) is 5.32 Å². The van der Waals surface area contributed by atoms with Gasteiger partial charge in [-0.25, -0.2) is 4.98 Å². The lowest BCUT2D eigenvalue weighted by atomic mass is 10.1. The van der Waals surface area contributed by atoms with Gasteiger partial charge in [-0.05, 0) is 11.5 Å². The van der Waals surface area contributed by atoms with E-state index in [1.165, 1.54) is 10.8 Å². The van der Waals surface area contributed by atoms with E-state index in [0.717, 1.165) is 22.8 Å². The molecule has 0 bridgehead atoms. The molecule has 0 saturated carbocycles. The highest BCUT2D eigenvalue weighted by atomic mass is 15.0. The van der Waals surface area contributed by atoms with E-state index < -0.39 is 0 Å². The first-order valence-corrected chi connectivity index (χ1v) is 7.52. The Labute approximate surface area is 134 Å². The molecule has 0 amide bonds. The van der Waals surface area contributed by atoms with Crippen LogP contribution in [0.4, 0.5) is 11.5 Å². The molecule has 3 aromatic carbocycles. The Morgan fingerprint density at radius 3 is 2.26 bits per heavy atom. The second-order valence-corrected chi connectivity index (χ2v) is 5.30. The Kier molecular flexibility index (Phi) is 3.45. The van der Waals surface area contributed by atoms with E-state index in [1.807, 2.05) is 48.5 Å². The van der Waals surface area contributed by atoms with Crippen LogP contribution < -0.4 is 5.32 Å². The standard InChI is InChI=1S/C20H15N3/c1-2-8-16(9-3-1)19-13-22-20(14-21-19)23-18-12-6-10-15-7-4-5-11-17(15)18/h1-14H,(H,22,23). The Hall–Kier alpha value is -3.20. The molecule has 4 aromatic rings. The predicted molar refractivity (Wildman–Crippen MR) is 94.7 cm³/mol. The summed E-state index contributed by atoms with van der Waals surface area (Å²) >= 11 is 0. The third kappa shape index (κ3) is 2.77. The van der Waals surface area contributed by atoms with Gasteiger partial charge in [0.25, 0.3) is 0 Å². The number of rotatable bonds is 3. The summed E-state index contributed by atoms with van der Waals surface area (Å²) in [6.07, 6.45) is 3.56. The van der Waals surface area contributed by atoms with Gasteiger partial charge < -0.3 is 5.32 Å². The number of aromatic nitrogens is 2. The van der Waals surface area contributed by atoms with Crippen molar-refractivity contribution < 1.29 is 0 Å². The lowest BCUT2D eigenvalue weighted by Crippen LogP contribution is -1.96. The van der Waals surface area contributed by atoms with Crippen LogP contribution in [-0.4, -0.2) is 9.97 Å².